The Bertz CT molecular complexity index is 839. The summed E-state index contributed by atoms with van der Waals surface area (Å²) in [5.74, 6) is 0.782. The van der Waals surface area contributed by atoms with Crippen LogP contribution in [0.3, 0.4) is 0 Å². The monoisotopic (exact) mass is 340 g/mol. The lowest BCUT2D eigenvalue weighted by atomic mass is 9.94. The van der Waals surface area contributed by atoms with Crippen molar-refractivity contribution >= 4 is 0 Å². The van der Waals surface area contributed by atoms with Gasteiger partial charge >= 0.3 is 0 Å². The SMILES string of the molecule is Cn1nccc1C1CCCN(Cc2coc(-c3ccc(F)cc3)n2)C1. The van der Waals surface area contributed by atoms with E-state index >= 15 is 0 Å². The minimum absolute atomic E-state index is 0.259. The van der Waals surface area contributed by atoms with Crippen molar-refractivity contribution < 1.29 is 8.81 Å². The number of benzene rings is 1. The molecule has 1 aliphatic rings. The number of aryl methyl sites for hydroxylation is 1. The van der Waals surface area contributed by atoms with Gasteiger partial charge in [-0.3, -0.25) is 9.58 Å². The topological polar surface area (TPSA) is 47.1 Å². The van der Waals surface area contributed by atoms with Gasteiger partial charge in [0.15, 0.2) is 0 Å². The van der Waals surface area contributed by atoms with Crippen molar-refractivity contribution in [1.29, 1.82) is 0 Å². The van der Waals surface area contributed by atoms with Gasteiger partial charge in [0.1, 0.15) is 12.1 Å². The summed E-state index contributed by atoms with van der Waals surface area (Å²) in [6, 6.07) is 8.32. The van der Waals surface area contributed by atoms with E-state index in [1.807, 2.05) is 17.9 Å². The van der Waals surface area contributed by atoms with Gasteiger partial charge < -0.3 is 4.42 Å². The summed E-state index contributed by atoms with van der Waals surface area (Å²) in [4.78, 5) is 6.97. The van der Waals surface area contributed by atoms with Gasteiger partial charge in [-0.15, -0.1) is 0 Å². The summed E-state index contributed by atoms with van der Waals surface area (Å²) in [7, 11) is 2.00. The number of aromatic nitrogens is 3. The molecule has 1 saturated heterocycles. The molecule has 0 radical (unpaired) electrons. The molecule has 25 heavy (non-hydrogen) atoms. The maximum Gasteiger partial charge on any atom is 0.226 e. The molecule has 1 fully saturated rings. The number of halogens is 1. The van der Waals surface area contributed by atoms with E-state index in [4.69, 9.17) is 4.42 Å². The molecule has 1 aliphatic heterocycles. The Morgan fingerprint density at radius 2 is 2.08 bits per heavy atom. The summed E-state index contributed by atoms with van der Waals surface area (Å²) in [5, 5.41) is 4.29. The van der Waals surface area contributed by atoms with Crippen molar-refractivity contribution in [2.45, 2.75) is 25.3 Å². The van der Waals surface area contributed by atoms with Crippen molar-refractivity contribution in [3.05, 3.63) is 60.0 Å². The van der Waals surface area contributed by atoms with Crippen molar-refractivity contribution in [2.75, 3.05) is 13.1 Å². The lowest BCUT2D eigenvalue weighted by molar-refractivity contribution is 0.194. The molecule has 0 saturated carbocycles. The highest BCUT2D eigenvalue weighted by molar-refractivity contribution is 5.52. The van der Waals surface area contributed by atoms with Gasteiger partial charge in [-0.1, -0.05) is 0 Å². The van der Waals surface area contributed by atoms with Crippen LogP contribution in [0, 0.1) is 5.82 Å². The second-order valence-electron chi connectivity index (χ2n) is 6.60. The second-order valence-corrected chi connectivity index (χ2v) is 6.60. The van der Waals surface area contributed by atoms with E-state index in [1.54, 1.807) is 18.4 Å². The molecular weight excluding hydrogens is 319 g/mol. The number of hydrogen-bond donors (Lipinski definition) is 0. The van der Waals surface area contributed by atoms with Crippen LogP contribution in [-0.4, -0.2) is 32.8 Å². The Morgan fingerprint density at radius 3 is 2.84 bits per heavy atom. The number of likely N-dealkylation sites (tertiary alicyclic amines) is 1. The first-order valence-corrected chi connectivity index (χ1v) is 8.59. The highest BCUT2D eigenvalue weighted by Gasteiger charge is 2.24. The third kappa shape index (κ3) is 3.49. The van der Waals surface area contributed by atoms with E-state index < -0.39 is 0 Å². The van der Waals surface area contributed by atoms with Crippen LogP contribution in [0.4, 0.5) is 4.39 Å². The first-order chi connectivity index (χ1) is 12.2. The minimum Gasteiger partial charge on any atom is -0.444 e. The normalized spacial score (nSPS) is 18.6. The maximum absolute atomic E-state index is 13.0. The second kappa shape index (κ2) is 6.80. The number of piperidine rings is 1. The molecule has 5 nitrogen and oxygen atoms in total. The molecular formula is C19H21FN4O. The highest BCUT2D eigenvalue weighted by Crippen LogP contribution is 2.27. The van der Waals surface area contributed by atoms with E-state index in [-0.39, 0.29) is 5.82 Å². The first kappa shape index (κ1) is 16.0. The lowest BCUT2D eigenvalue weighted by Crippen LogP contribution is -2.34. The minimum atomic E-state index is -0.259. The largest absolute Gasteiger partial charge is 0.444 e. The Hall–Kier alpha value is -2.47. The fraction of sp³-hybridized carbons (Fsp3) is 0.368. The highest BCUT2D eigenvalue weighted by atomic mass is 19.1. The molecule has 3 aromatic rings. The van der Waals surface area contributed by atoms with Crippen molar-refractivity contribution in [2.24, 2.45) is 7.05 Å². The summed E-state index contributed by atoms with van der Waals surface area (Å²) in [6.07, 6.45) is 5.92. The molecule has 1 unspecified atom stereocenters. The lowest BCUT2D eigenvalue weighted by Gasteiger charge is -2.32. The molecule has 6 heteroatoms. The summed E-state index contributed by atoms with van der Waals surface area (Å²) >= 11 is 0. The molecule has 130 valence electrons. The van der Waals surface area contributed by atoms with Gasteiger partial charge in [-0.05, 0) is 49.7 Å². The van der Waals surface area contributed by atoms with Crippen LogP contribution in [0.5, 0.6) is 0 Å². The Kier molecular flexibility index (Phi) is 4.36. The summed E-state index contributed by atoms with van der Waals surface area (Å²) in [6.45, 7) is 2.82. The third-order valence-corrected chi connectivity index (χ3v) is 4.81. The van der Waals surface area contributed by atoms with Crippen molar-refractivity contribution in [3.8, 4) is 11.5 Å². The average Bonchev–Trinajstić information content (AvgIpc) is 3.25. The van der Waals surface area contributed by atoms with E-state index in [1.165, 1.54) is 30.7 Å². The number of rotatable bonds is 4. The van der Waals surface area contributed by atoms with E-state index in [0.29, 0.717) is 11.8 Å². The van der Waals surface area contributed by atoms with E-state index in [9.17, 15) is 4.39 Å². The molecule has 0 spiro atoms. The van der Waals surface area contributed by atoms with Gasteiger partial charge in [0, 0.05) is 43.5 Å². The van der Waals surface area contributed by atoms with Gasteiger partial charge in [-0.25, -0.2) is 9.37 Å². The van der Waals surface area contributed by atoms with Crippen LogP contribution in [0.2, 0.25) is 0 Å². The molecule has 4 rings (SSSR count). The molecule has 2 aromatic heterocycles. The average molecular weight is 340 g/mol. The van der Waals surface area contributed by atoms with Gasteiger partial charge in [-0.2, -0.15) is 5.10 Å². The number of hydrogen-bond acceptors (Lipinski definition) is 4. The maximum atomic E-state index is 13.0. The molecule has 0 amide bonds. The Morgan fingerprint density at radius 1 is 1.24 bits per heavy atom. The molecule has 1 atom stereocenters. The van der Waals surface area contributed by atoms with Gasteiger partial charge in [0.25, 0.3) is 0 Å². The van der Waals surface area contributed by atoms with Gasteiger partial charge in [0.05, 0.1) is 5.69 Å². The smallest absolute Gasteiger partial charge is 0.226 e. The number of oxazole rings is 1. The zero-order chi connectivity index (χ0) is 17.2. The van der Waals surface area contributed by atoms with Crippen LogP contribution in [0.1, 0.15) is 30.1 Å². The predicted octanol–water partition coefficient (Wildman–Crippen LogP) is 3.59. The van der Waals surface area contributed by atoms with Crippen molar-refractivity contribution in [1.82, 2.24) is 19.7 Å². The van der Waals surface area contributed by atoms with Gasteiger partial charge in [0.2, 0.25) is 5.89 Å². The summed E-state index contributed by atoms with van der Waals surface area (Å²) < 4.78 is 20.6. The van der Waals surface area contributed by atoms with Crippen LogP contribution < -0.4 is 0 Å². The first-order valence-electron chi connectivity index (χ1n) is 8.59. The number of nitrogens with zero attached hydrogens (tertiary/aromatic N) is 4. The summed E-state index contributed by atoms with van der Waals surface area (Å²) in [5.41, 5.74) is 2.99. The molecule has 1 aromatic carbocycles. The van der Waals surface area contributed by atoms with Crippen LogP contribution in [0.15, 0.2) is 47.2 Å². The van der Waals surface area contributed by atoms with Crippen LogP contribution in [0.25, 0.3) is 11.5 Å². The fourth-order valence-electron chi connectivity index (χ4n) is 3.56. The fourth-order valence-corrected chi connectivity index (χ4v) is 3.56. The quantitative estimate of drug-likeness (QED) is 0.728. The predicted molar refractivity (Wildman–Crippen MR) is 92.4 cm³/mol. The molecule has 3 heterocycles. The van der Waals surface area contributed by atoms with Crippen molar-refractivity contribution in [3.63, 3.8) is 0 Å². The molecule has 0 aliphatic carbocycles. The standard InChI is InChI=1S/C19H21FN4O/c1-23-18(8-9-21-23)15-3-2-10-24(11-15)12-17-13-25-19(22-17)14-4-6-16(20)7-5-14/h4-9,13,15H,2-3,10-12H2,1H3. The zero-order valence-electron chi connectivity index (χ0n) is 14.2. The molecule has 0 N–H and O–H groups in total. The van der Waals surface area contributed by atoms with E-state index in [0.717, 1.165) is 30.9 Å². The molecule has 0 bridgehead atoms. The van der Waals surface area contributed by atoms with Crippen LogP contribution >= 0.6 is 0 Å². The van der Waals surface area contributed by atoms with Crippen LogP contribution in [-0.2, 0) is 13.6 Å². The zero-order valence-corrected chi connectivity index (χ0v) is 14.2. The third-order valence-electron chi connectivity index (χ3n) is 4.81. The Balaban J connectivity index is 1.44. The Labute approximate surface area is 146 Å². The van der Waals surface area contributed by atoms with E-state index in [2.05, 4.69) is 21.0 Å².